The zero-order valence-electron chi connectivity index (χ0n) is 12.5. The Morgan fingerprint density at radius 2 is 2.13 bits per heavy atom. The van der Waals surface area contributed by atoms with E-state index in [2.05, 4.69) is 29.1 Å². The molecule has 1 aromatic carbocycles. The highest BCUT2D eigenvalue weighted by molar-refractivity contribution is 5.87. The molecule has 0 amide bonds. The SMILES string of the molecule is Cc1ccc(-c2cn3nc(C(=O)O)cc3c(=O)[nH]2)cc1C1CC1. The van der Waals surface area contributed by atoms with E-state index in [0.717, 1.165) is 5.56 Å². The predicted octanol–water partition coefficient (Wildman–Crippen LogP) is 2.57. The number of carboxylic acids is 1. The molecule has 4 rings (SSSR count). The Balaban J connectivity index is 1.87. The third-order valence-electron chi connectivity index (χ3n) is 4.29. The summed E-state index contributed by atoms with van der Waals surface area (Å²) in [5.41, 5.74) is 3.84. The Morgan fingerprint density at radius 1 is 1.35 bits per heavy atom. The van der Waals surface area contributed by atoms with Gasteiger partial charge in [0, 0.05) is 6.07 Å². The molecule has 6 heteroatoms. The first-order chi connectivity index (χ1) is 11.0. The van der Waals surface area contributed by atoms with Gasteiger partial charge in [-0.15, -0.1) is 0 Å². The fourth-order valence-electron chi connectivity index (χ4n) is 2.90. The maximum atomic E-state index is 12.2. The number of hydrogen-bond acceptors (Lipinski definition) is 3. The largest absolute Gasteiger partial charge is 0.476 e. The molecule has 1 fully saturated rings. The van der Waals surface area contributed by atoms with Crippen molar-refractivity contribution in [3.05, 3.63) is 57.6 Å². The average Bonchev–Trinajstić information content (AvgIpc) is 3.25. The molecule has 6 nitrogen and oxygen atoms in total. The van der Waals surface area contributed by atoms with Gasteiger partial charge in [-0.05, 0) is 48.4 Å². The number of aromatic carboxylic acids is 1. The van der Waals surface area contributed by atoms with E-state index < -0.39 is 5.97 Å². The Labute approximate surface area is 131 Å². The summed E-state index contributed by atoms with van der Waals surface area (Å²) in [7, 11) is 0. The molecular weight excluding hydrogens is 294 g/mol. The highest BCUT2D eigenvalue weighted by Gasteiger charge is 2.25. The molecule has 0 atom stereocenters. The quantitative estimate of drug-likeness (QED) is 0.778. The van der Waals surface area contributed by atoms with Gasteiger partial charge in [-0.25, -0.2) is 9.31 Å². The van der Waals surface area contributed by atoms with E-state index in [1.165, 1.54) is 34.6 Å². The van der Waals surface area contributed by atoms with Crippen LogP contribution < -0.4 is 5.56 Å². The van der Waals surface area contributed by atoms with E-state index in [9.17, 15) is 9.59 Å². The molecule has 0 radical (unpaired) electrons. The van der Waals surface area contributed by atoms with Crippen molar-refractivity contribution in [3.8, 4) is 11.3 Å². The number of aromatic nitrogens is 3. The average molecular weight is 309 g/mol. The summed E-state index contributed by atoms with van der Waals surface area (Å²) in [5, 5.41) is 13.0. The highest BCUT2D eigenvalue weighted by Crippen LogP contribution is 2.42. The van der Waals surface area contributed by atoms with Crippen LogP contribution in [0.2, 0.25) is 0 Å². The van der Waals surface area contributed by atoms with Crippen molar-refractivity contribution < 1.29 is 9.90 Å². The molecule has 116 valence electrons. The first kappa shape index (κ1) is 13.8. The van der Waals surface area contributed by atoms with Crippen LogP contribution in [0.4, 0.5) is 0 Å². The minimum Gasteiger partial charge on any atom is -0.476 e. The first-order valence-corrected chi connectivity index (χ1v) is 7.50. The van der Waals surface area contributed by atoms with Gasteiger partial charge < -0.3 is 10.1 Å². The Bertz CT molecular complexity index is 996. The maximum absolute atomic E-state index is 12.2. The number of aryl methyl sites for hydroxylation is 1. The summed E-state index contributed by atoms with van der Waals surface area (Å²) < 4.78 is 1.33. The van der Waals surface area contributed by atoms with Crippen LogP contribution in [0.3, 0.4) is 0 Å². The van der Waals surface area contributed by atoms with Crippen LogP contribution in [0.25, 0.3) is 16.8 Å². The number of benzene rings is 1. The van der Waals surface area contributed by atoms with Crippen molar-refractivity contribution in [2.45, 2.75) is 25.7 Å². The number of nitrogens with zero attached hydrogens (tertiary/aromatic N) is 2. The molecule has 1 aliphatic carbocycles. The van der Waals surface area contributed by atoms with Gasteiger partial charge >= 0.3 is 5.97 Å². The van der Waals surface area contributed by atoms with Crippen LogP contribution in [0, 0.1) is 6.92 Å². The van der Waals surface area contributed by atoms with Crippen molar-refractivity contribution in [1.82, 2.24) is 14.6 Å². The minimum atomic E-state index is -1.15. The Kier molecular flexibility index (Phi) is 2.87. The molecule has 0 unspecified atom stereocenters. The highest BCUT2D eigenvalue weighted by atomic mass is 16.4. The van der Waals surface area contributed by atoms with Gasteiger partial charge in [0.25, 0.3) is 5.56 Å². The lowest BCUT2D eigenvalue weighted by molar-refractivity contribution is 0.0690. The van der Waals surface area contributed by atoms with Gasteiger partial charge in [-0.3, -0.25) is 4.79 Å². The second kappa shape index (κ2) is 4.81. The van der Waals surface area contributed by atoms with Gasteiger partial charge in [0.05, 0.1) is 11.9 Å². The maximum Gasteiger partial charge on any atom is 0.356 e. The molecule has 2 aromatic heterocycles. The first-order valence-electron chi connectivity index (χ1n) is 7.50. The fraction of sp³-hybridized carbons (Fsp3) is 0.235. The molecule has 0 spiro atoms. The molecule has 3 aromatic rings. The summed E-state index contributed by atoms with van der Waals surface area (Å²) in [4.78, 5) is 26.0. The van der Waals surface area contributed by atoms with Crippen LogP contribution in [-0.2, 0) is 0 Å². The van der Waals surface area contributed by atoms with E-state index in [1.54, 1.807) is 6.20 Å². The normalized spacial score (nSPS) is 14.3. The van der Waals surface area contributed by atoms with Crippen molar-refractivity contribution in [2.75, 3.05) is 0 Å². The van der Waals surface area contributed by atoms with E-state index in [1.807, 2.05) is 6.07 Å². The third kappa shape index (κ3) is 2.32. The summed E-state index contributed by atoms with van der Waals surface area (Å²) in [6.45, 7) is 2.09. The molecule has 1 aliphatic rings. The number of aromatic amines is 1. The second-order valence-electron chi connectivity index (χ2n) is 6.01. The number of carbonyl (C=O) groups is 1. The lowest BCUT2D eigenvalue weighted by Crippen LogP contribution is -2.10. The zero-order chi connectivity index (χ0) is 16.1. The molecule has 0 bridgehead atoms. The van der Waals surface area contributed by atoms with Gasteiger partial charge in [-0.1, -0.05) is 12.1 Å². The van der Waals surface area contributed by atoms with Gasteiger partial charge in [0.15, 0.2) is 5.69 Å². The number of carboxylic acid groups (broad SMARTS) is 1. The zero-order valence-corrected chi connectivity index (χ0v) is 12.5. The predicted molar refractivity (Wildman–Crippen MR) is 84.9 cm³/mol. The molecule has 23 heavy (non-hydrogen) atoms. The summed E-state index contributed by atoms with van der Waals surface area (Å²) in [6.07, 6.45) is 4.08. The third-order valence-corrected chi connectivity index (χ3v) is 4.29. The van der Waals surface area contributed by atoms with Crippen LogP contribution in [0.5, 0.6) is 0 Å². The summed E-state index contributed by atoms with van der Waals surface area (Å²) in [6, 6.07) is 7.39. The number of H-pyrrole nitrogens is 1. The van der Waals surface area contributed by atoms with Crippen molar-refractivity contribution in [1.29, 1.82) is 0 Å². The summed E-state index contributed by atoms with van der Waals surface area (Å²) in [5.74, 6) is -0.533. The number of hydrogen-bond donors (Lipinski definition) is 2. The molecular formula is C17H15N3O3. The number of fused-ring (bicyclic) bond motifs is 1. The topological polar surface area (TPSA) is 87.5 Å². The van der Waals surface area contributed by atoms with Gasteiger partial charge in [0.1, 0.15) is 5.52 Å². The number of nitrogens with one attached hydrogen (secondary N) is 1. The van der Waals surface area contributed by atoms with E-state index >= 15 is 0 Å². The molecule has 0 aliphatic heterocycles. The standard InChI is InChI=1S/C17H15N3O3/c1-9-2-3-11(6-12(9)10-4-5-10)14-8-20-15(16(21)18-14)7-13(19-20)17(22)23/h2-3,6-8,10H,4-5H2,1H3,(H,18,21)(H,22,23). The van der Waals surface area contributed by atoms with Gasteiger partial charge in [0.2, 0.25) is 0 Å². The van der Waals surface area contributed by atoms with Crippen molar-refractivity contribution >= 4 is 11.5 Å². The summed E-state index contributed by atoms with van der Waals surface area (Å²) >= 11 is 0. The molecule has 2 N–H and O–H groups in total. The number of rotatable bonds is 3. The molecule has 1 saturated carbocycles. The Morgan fingerprint density at radius 3 is 2.83 bits per heavy atom. The lowest BCUT2D eigenvalue weighted by atomic mass is 10.00. The molecule has 2 heterocycles. The minimum absolute atomic E-state index is 0.143. The van der Waals surface area contributed by atoms with Crippen LogP contribution in [-0.4, -0.2) is 25.7 Å². The second-order valence-corrected chi connectivity index (χ2v) is 6.01. The van der Waals surface area contributed by atoms with Crippen molar-refractivity contribution in [2.24, 2.45) is 0 Å². The van der Waals surface area contributed by atoms with Crippen LogP contribution in [0.15, 0.2) is 35.3 Å². The fourth-order valence-corrected chi connectivity index (χ4v) is 2.90. The van der Waals surface area contributed by atoms with Crippen molar-refractivity contribution in [3.63, 3.8) is 0 Å². The van der Waals surface area contributed by atoms with E-state index in [0.29, 0.717) is 11.6 Å². The van der Waals surface area contributed by atoms with Crippen LogP contribution in [0.1, 0.15) is 40.4 Å². The van der Waals surface area contributed by atoms with E-state index in [4.69, 9.17) is 5.11 Å². The lowest BCUT2D eigenvalue weighted by Gasteiger charge is -2.08. The van der Waals surface area contributed by atoms with Gasteiger partial charge in [-0.2, -0.15) is 5.10 Å². The molecule has 0 saturated heterocycles. The monoisotopic (exact) mass is 309 g/mol. The Hall–Kier alpha value is -2.89. The smallest absolute Gasteiger partial charge is 0.356 e. The van der Waals surface area contributed by atoms with E-state index in [-0.39, 0.29) is 16.8 Å². The van der Waals surface area contributed by atoms with Crippen LogP contribution >= 0.6 is 0 Å².